The summed E-state index contributed by atoms with van der Waals surface area (Å²) in [6, 6.07) is 12.5. The molecule has 0 aliphatic carbocycles. The summed E-state index contributed by atoms with van der Waals surface area (Å²) in [5.41, 5.74) is 3.39. The van der Waals surface area contributed by atoms with Crippen LogP contribution in [0, 0.1) is 0 Å². The van der Waals surface area contributed by atoms with E-state index in [1.54, 1.807) is 34.4 Å². The summed E-state index contributed by atoms with van der Waals surface area (Å²) in [7, 11) is 2.03. The molecule has 7 heteroatoms. The molecule has 0 aliphatic heterocycles. The topological polar surface area (TPSA) is 43.6 Å². The molecule has 0 atom stereocenters. The first-order chi connectivity index (χ1) is 12.7. The second kappa shape index (κ2) is 7.73. The van der Waals surface area contributed by atoms with Crippen LogP contribution in [-0.4, -0.2) is 19.7 Å². The van der Waals surface area contributed by atoms with Gasteiger partial charge in [0.1, 0.15) is 5.01 Å². The fraction of sp³-hybridized carbons (Fsp3) is 0.211. The van der Waals surface area contributed by atoms with Gasteiger partial charge in [0.25, 0.3) is 0 Å². The molecule has 0 unspecified atom stereocenters. The Labute approximate surface area is 165 Å². The third kappa shape index (κ3) is 3.60. The van der Waals surface area contributed by atoms with Gasteiger partial charge in [0.05, 0.1) is 5.69 Å². The number of hydrogen-bond donors (Lipinski definition) is 0. The van der Waals surface area contributed by atoms with Crippen LogP contribution >= 0.6 is 34.4 Å². The second-order valence-electron chi connectivity index (χ2n) is 5.82. The molecule has 0 radical (unpaired) electrons. The maximum absolute atomic E-state index is 4.75. The molecule has 0 saturated heterocycles. The molecular formula is C19H18N4S3. The summed E-state index contributed by atoms with van der Waals surface area (Å²) in [6.45, 7) is 2.17. The molecule has 132 valence electrons. The van der Waals surface area contributed by atoms with Crippen LogP contribution in [0.3, 0.4) is 0 Å². The molecule has 4 nitrogen and oxygen atoms in total. The molecule has 0 N–H and O–H groups in total. The molecule has 4 rings (SSSR count). The Morgan fingerprint density at radius 2 is 1.88 bits per heavy atom. The summed E-state index contributed by atoms with van der Waals surface area (Å²) in [4.78, 5) is 6.12. The molecule has 0 aliphatic rings. The number of rotatable bonds is 6. The zero-order valence-electron chi connectivity index (χ0n) is 14.5. The van der Waals surface area contributed by atoms with Crippen molar-refractivity contribution < 1.29 is 0 Å². The lowest BCUT2D eigenvalue weighted by Gasteiger charge is -2.01. The van der Waals surface area contributed by atoms with Crippen LogP contribution in [0.2, 0.25) is 0 Å². The molecule has 0 spiro atoms. The van der Waals surface area contributed by atoms with Crippen LogP contribution in [-0.2, 0) is 19.2 Å². The van der Waals surface area contributed by atoms with E-state index in [4.69, 9.17) is 4.98 Å². The summed E-state index contributed by atoms with van der Waals surface area (Å²) in [5, 5.41) is 15.0. The minimum atomic E-state index is 0.791. The third-order valence-corrected chi connectivity index (χ3v) is 7.09. The highest BCUT2D eigenvalue weighted by molar-refractivity contribution is 7.98. The fourth-order valence-corrected chi connectivity index (χ4v) is 5.15. The molecule has 0 fully saturated rings. The first kappa shape index (κ1) is 17.5. The maximum atomic E-state index is 4.75. The van der Waals surface area contributed by atoms with Gasteiger partial charge in [-0.15, -0.1) is 32.9 Å². The van der Waals surface area contributed by atoms with E-state index in [9.17, 15) is 0 Å². The number of hydrogen-bond acceptors (Lipinski definition) is 6. The van der Waals surface area contributed by atoms with Gasteiger partial charge in [-0.2, -0.15) is 0 Å². The largest absolute Gasteiger partial charge is 0.305 e. The molecule has 3 aromatic heterocycles. The van der Waals surface area contributed by atoms with E-state index in [2.05, 4.69) is 50.6 Å². The molecular weight excluding hydrogens is 380 g/mol. The van der Waals surface area contributed by atoms with Crippen molar-refractivity contribution >= 4 is 34.4 Å². The van der Waals surface area contributed by atoms with Gasteiger partial charge < -0.3 is 4.57 Å². The highest BCUT2D eigenvalue weighted by Crippen LogP contribution is 2.30. The minimum Gasteiger partial charge on any atom is -0.305 e. The number of benzene rings is 1. The van der Waals surface area contributed by atoms with Gasteiger partial charge in [0.2, 0.25) is 0 Å². The van der Waals surface area contributed by atoms with E-state index in [1.165, 1.54) is 10.4 Å². The summed E-state index contributed by atoms with van der Waals surface area (Å²) in [6.07, 6.45) is 1.05. The number of aromatic nitrogens is 4. The van der Waals surface area contributed by atoms with Crippen molar-refractivity contribution in [2.75, 3.05) is 0 Å². The van der Waals surface area contributed by atoms with E-state index < -0.39 is 0 Å². The van der Waals surface area contributed by atoms with Crippen LogP contribution < -0.4 is 0 Å². The van der Waals surface area contributed by atoms with Gasteiger partial charge in [-0.05, 0) is 12.5 Å². The van der Waals surface area contributed by atoms with Crippen molar-refractivity contribution in [2.24, 2.45) is 7.05 Å². The van der Waals surface area contributed by atoms with Crippen LogP contribution in [0.5, 0.6) is 0 Å². The number of thiophene rings is 1. The molecule has 4 aromatic rings. The molecule has 0 amide bonds. The molecule has 1 aromatic carbocycles. The van der Waals surface area contributed by atoms with Crippen LogP contribution in [0.25, 0.3) is 22.0 Å². The first-order valence-corrected chi connectivity index (χ1v) is 11.1. The van der Waals surface area contributed by atoms with Crippen molar-refractivity contribution in [2.45, 2.75) is 24.3 Å². The molecule has 26 heavy (non-hydrogen) atoms. The highest BCUT2D eigenvalue weighted by atomic mass is 32.2. The summed E-state index contributed by atoms with van der Waals surface area (Å²) < 4.78 is 2.07. The number of nitrogens with zero attached hydrogens (tertiary/aromatic N) is 4. The third-order valence-electron chi connectivity index (χ3n) is 4.02. The molecule has 3 heterocycles. The van der Waals surface area contributed by atoms with E-state index in [0.29, 0.717) is 0 Å². The zero-order valence-corrected chi connectivity index (χ0v) is 17.0. The van der Waals surface area contributed by atoms with Crippen molar-refractivity contribution in [1.29, 1.82) is 0 Å². The standard InChI is InChI=1S/C19H18N4S3/c1-3-16-9-14(10-24-16)17-21-22-19(23(17)2)26-12-15-11-25-18(20-15)13-7-5-4-6-8-13/h4-11H,3,12H2,1-2H3. The number of thiazole rings is 1. The first-order valence-electron chi connectivity index (χ1n) is 8.34. The number of thioether (sulfide) groups is 1. The van der Waals surface area contributed by atoms with E-state index >= 15 is 0 Å². The van der Waals surface area contributed by atoms with Crippen LogP contribution in [0.1, 0.15) is 17.5 Å². The van der Waals surface area contributed by atoms with Gasteiger partial charge in [-0.25, -0.2) is 4.98 Å². The second-order valence-corrected chi connectivity index (χ2v) is 8.62. The lowest BCUT2D eigenvalue weighted by Crippen LogP contribution is -1.94. The van der Waals surface area contributed by atoms with Gasteiger partial charge in [0, 0.05) is 39.6 Å². The van der Waals surface area contributed by atoms with E-state index in [1.807, 2.05) is 25.2 Å². The smallest absolute Gasteiger partial charge is 0.191 e. The predicted octanol–water partition coefficient (Wildman–Crippen LogP) is 5.52. The van der Waals surface area contributed by atoms with E-state index in [-0.39, 0.29) is 0 Å². The summed E-state index contributed by atoms with van der Waals surface area (Å²) in [5.74, 6) is 1.71. The molecule has 0 bridgehead atoms. The Kier molecular flexibility index (Phi) is 5.19. The minimum absolute atomic E-state index is 0.791. The Bertz CT molecular complexity index is 1000. The monoisotopic (exact) mass is 398 g/mol. The average Bonchev–Trinajstić information content (AvgIpc) is 3.40. The number of aryl methyl sites for hydroxylation is 1. The van der Waals surface area contributed by atoms with Crippen molar-refractivity contribution in [3.8, 4) is 22.0 Å². The quantitative estimate of drug-likeness (QED) is 0.401. The SMILES string of the molecule is CCc1cc(-c2nnc(SCc3csc(-c4ccccc4)n3)n2C)cs1. The van der Waals surface area contributed by atoms with E-state index in [0.717, 1.165) is 39.4 Å². The fourth-order valence-electron chi connectivity index (χ4n) is 2.60. The van der Waals surface area contributed by atoms with Crippen LogP contribution in [0.4, 0.5) is 0 Å². The Balaban J connectivity index is 1.46. The Hall–Kier alpha value is -1.96. The highest BCUT2D eigenvalue weighted by Gasteiger charge is 2.13. The van der Waals surface area contributed by atoms with Crippen molar-refractivity contribution in [3.05, 3.63) is 57.7 Å². The Morgan fingerprint density at radius 1 is 1.04 bits per heavy atom. The van der Waals surface area contributed by atoms with Gasteiger partial charge in [0.15, 0.2) is 11.0 Å². The van der Waals surface area contributed by atoms with Gasteiger partial charge in [-0.1, -0.05) is 49.0 Å². The lowest BCUT2D eigenvalue weighted by molar-refractivity contribution is 0.793. The van der Waals surface area contributed by atoms with Crippen molar-refractivity contribution in [1.82, 2.24) is 19.7 Å². The normalized spacial score (nSPS) is 11.2. The zero-order chi connectivity index (χ0) is 17.9. The lowest BCUT2D eigenvalue weighted by atomic mass is 10.2. The maximum Gasteiger partial charge on any atom is 0.191 e. The summed E-state index contributed by atoms with van der Waals surface area (Å²) >= 11 is 5.13. The molecule has 0 saturated carbocycles. The Morgan fingerprint density at radius 3 is 2.65 bits per heavy atom. The van der Waals surface area contributed by atoms with Crippen molar-refractivity contribution in [3.63, 3.8) is 0 Å². The van der Waals surface area contributed by atoms with Crippen LogP contribution in [0.15, 0.2) is 52.3 Å². The van der Waals surface area contributed by atoms with Gasteiger partial charge >= 0.3 is 0 Å². The van der Waals surface area contributed by atoms with Gasteiger partial charge in [-0.3, -0.25) is 0 Å². The average molecular weight is 399 g/mol. The predicted molar refractivity (Wildman–Crippen MR) is 111 cm³/mol.